The maximum atomic E-state index is 11.8. The average Bonchev–Trinajstić information content (AvgIpc) is 2.58. The van der Waals surface area contributed by atoms with Crippen LogP contribution >= 0.6 is 0 Å². The first-order valence-electron chi connectivity index (χ1n) is 5.24. The highest BCUT2D eigenvalue weighted by Gasteiger charge is 2.32. The Bertz CT molecular complexity index is 431. The van der Waals surface area contributed by atoms with Crippen molar-refractivity contribution in [1.82, 2.24) is 15.1 Å². The number of hydrogen-bond acceptors (Lipinski definition) is 3. The van der Waals surface area contributed by atoms with Crippen LogP contribution in [0.25, 0.3) is 0 Å². The van der Waals surface area contributed by atoms with Crippen LogP contribution in [0.1, 0.15) is 31.1 Å². The van der Waals surface area contributed by atoms with Gasteiger partial charge in [0, 0.05) is 13.2 Å². The number of carbonyl (C=O) groups excluding carboxylic acids is 1. The Hall–Kier alpha value is -1.85. The van der Waals surface area contributed by atoms with Gasteiger partial charge in [-0.2, -0.15) is 5.10 Å². The van der Waals surface area contributed by atoms with Crippen molar-refractivity contribution < 1.29 is 14.7 Å². The van der Waals surface area contributed by atoms with E-state index in [4.69, 9.17) is 5.11 Å². The molecule has 6 heteroatoms. The van der Waals surface area contributed by atoms with E-state index in [0.29, 0.717) is 5.56 Å². The van der Waals surface area contributed by atoms with E-state index >= 15 is 0 Å². The molecular formula is C11H17N3O3. The lowest BCUT2D eigenvalue weighted by Gasteiger charge is -2.27. The van der Waals surface area contributed by atoms with Crippen molar-refractivity contribution in [3.63, 3.8) is 0 Å². The van der Waals surface area contributed by atoms with Crippen LogP contribution in [0, 0.1) is 5.41 Å². The summed E-state index contributed by atoms with van der Waals surface area (Å²) in [6.07, 6.45) is 2.94. The van der Waals surface area contributed by atoms with Gasteiger partial charge in [0.2, 0.25) is 0 Å². The maximum Gasteiger partial charge on any atom is 0.326 e. The number of amides is 1. The van der Waals surface area contributed by atoms with Crippen LogP contribution in [0.3, 0.4) is 0 Å². The minimum absolute atomic E-state index is 0.350. The number of aliphatic carboxylic acids is 1. The fourth-order valence-electron chi connectivity index (χ4n) is 1.40. The van der Waals surface area contributed by atoms with Crippen LogP contribution in [0.15, 0.2) is 12.4 Å². The SMILES string of the molecule is Cn1cc(C(=O)N[C@@H](C(=O)O)C(C)(C)C)cn1. The molecule has 6 nitrogen and oxygen atoms in total. The third-order valence-corrected chi connectivity index (χ3v) is 2.36. The van der Waals surface area contributed by atoms with Crippen molar-refractivity contribution in [2.24, 2.45) is 12.5 Å². The van der Waals surface area contributed by atoms with Gasteiger partial charge >= 0.3 is 5.97 Å². The molecule has 0 bridgehead atoms. The van der Waals surface area contributed by atoms with E-state index in [0.717, 1.165) is 0 Å². The van der Waals surface area contributed by atoms with Crippen LogP contribution in [0.2, 0.25) is 0 Å². The molecule has 0 saturated carbocycles. The number of carboxylic acids is 1. The highest BCUT2D eigenvalue weighted by molar-refractivity contribution is 5.96. The van der Waals surface area contributed by atoms with Crippen molar-refractivity contribution in [2.75, 3.05) is 0 Å². The molecule has 0 fully saturated rings. The molecule has 94 valence electrons. The molecule has 1 atom stereocenters. The third-order valence-electron chi connectivity index (χ3n) is 2.36. The molecular weight excluding hydrogens is 222 g/mol. The molecule has 0 radical (unpaired) electrons. The summed E-state index contributed by atoms with van der Waals surface area (Å²) in [6, 6.07) is -0.935. The molecule has 0 saturated heterocycles. The van der Waals surface area contributed by atoms with E-state index in [-0.39, 0.29) is 0 Å². The summed E-state index contributed by atoms with van der Waals surface area (Å²) in [5.41, 5.74) is -0.202. The third kappa shape index (κ3) is 3.30. The monoisotopic (exact) mass is 239 g/mol. The van der Waals surface area contributed by atoms with Crippen LogP contribution < -0.4 is 5.32 Å². The smallest absolute Gasteiger partial charge is 0.326 e. The van der Waals surface area contributed by atoms with Gasteiger partial charge in [-0.1, -0.05) is 20.8 Å². The molecule has 0 aliphatic heterocycles. The van der Waals surface area contributed by atoms with Gasteiger partial charge in [0.15, 0.2) is 0 Å². The summed E-state index contributed by atoms with van der Waals surface area (Å²) < 4.78 is 1.49. The van der Waals surface area contributed by atoms with Gasteiger partial charge in [-0.25, -0.2) is 4.79 Å². The van der Waals surface area contributed by atoms with Gasteiger partial charge in [-0.05, 0) is 5.41 Å². The zero-order valence-electron chi connectivity index (χ0n) is 10.4. The Kier molecular flexibility index (Phi) is 3.55. The quantitative estimate of drug-likeness (QED) is 0.811. The van der Waals surface area contributed by atoms with Crippen molar-refractivity contribution in [2.45, 2.75) is 26.8 Å². The molecule has 1 rings (SSSR count). The lowest BCUT2D eigenvalue weighted by molar-refractivity contribution is -0.142. The molecule has 0 spiro atoms. The minimum Gasteiger partial charge on any atom is -0.480 e. The Morgan fingerprint density at radius 1 is 1.47 bits per heavy atom. The molecule has 2 N–H and O–H groups in total. The highest BCUT2D eigenvalue weighted by atomic mass is 16.4. The minimum atomic E-state index is -1.05. The van der Waals surface area contributed by atoms with E-state index in [9.17, 15) is 9.59 Å². The number of carbonyl (C=O) groups is 2. The van der Waals surface area contributed by atoms with Crippen LogP contribution in [0.4, 0.5) is 0 Å². The predicted octanol–water partition coefficient (Wildman–Crippen LogP) is 0.649. The number of aromatic nitrogens is 2. The first kappa shape index (κ1) is 13.2. The van der Waals surface area contributed by atoms with Gasteiger partial charge < -0.3 is 10.4 Å². The number of nitrogens with zero attached hydrogens (tertiary/aromatic N) is 2. The first-order chi connectivity index (χ1) is 7.71. The second kappa shape index (κ2) is 4.57. The number of rotatable bonds is 3. The summed E-state index contributed by atoms with van der Waals surface area (Å²) in [7, 11) is 1.69. The van der Waals surface area contributed by atoms with Gasteiger partial charge in [-0.15, -0.1) is 0 Å². The lowest BCUT2D eigenvalue weighted by atomic mass is 9.86. The van der Waals surface area contributed by atoms with Crippen molar-refractivity contribution in [3.8, 4) is 0 Å². The number of hydrogen-bond donors (Lipinski definition) is 2. The number of aryl methyl sites for hydroxylation is 1. The predicted molar refractivity (Wildman–Crippen MR) is 61.6 cm³/mol. The summed E-state index contributed by atoms with van der Waals surface area (Å²) in [5, 5.41) is 15.4. The van der Waals surface area contributed by atoms with Crippen molar-refractivity contribution >= 4 is 11.9 Å². The van der Waals surface area contributed by atoms with Gasteiger partial charge in [0.25, 0.3) is 5.91 Å². The lowest BCUT2D eigenvalue weighted by Crippen LogP contribution is -2.49. The summed E-state index contributed by atoms with van der Waals surface area (Å²) in [4.78, 5) is 22.9. The molecule has 0 aromatic carbocycles. The Balaban J connectivity index is 2.82. The largest absolute Gasteiger partial charge is 0.480 e. The number of carboxylic acid groups (broad SMARTS) is 1. The van der Waals surface area contributed by atoms with Gasteiger partial charge in [0.1, 0.15) is 6.04 Å². The molecule has 1 heterocycles. The average molecular weight is 239 g/mol. The van der Waals surface area contributed by atoms with Crippen LogP contribution in [-0.2, 0) is 11.8 Å². The number of nitrogens with one attached hydrogen (secondary N) is 1. The molecule has 17 heavy (non-hydrogen) atoms. The van der Waals surface area contributed by atoms with E-state index < -0.39 is 23.3 Å². The molecule has 0 aliphatic rings. The first-order valence-corrected chi connectivity index (χ1v) is 5.24. The Morgan fingerprint density at radius 3 is 2.41 bits per heavy atom. The summed E-state index contributed by atoms with van der Waals surface area (Å²) in [6.45, 7) is 5.28. The normalized spacial score (nSPS) is 13.2. The van der Waals surface area contributed by atoms with E-state index in [1.165, 1.54) is 17.1 Å². The summed E-state index contributed by atoms with van der Waals surface area (Å²) in [5.74, 6) is -1.48. The van der Waals surface area contributed by atoms with E-state index in [1.807, 2.05) is 0 Å². The highest BCUT2D eigenvalue weighted by Crippen LogP contribution is 2.19. The summed E-state index contributed by atoms with van der Waals surface area (Å²) >= 11 is 0. The zero-order chi connectivity index (χ0) is 13.2. The van der Waals surface area contributed by atoms with E-state index in [2.05, 4.69) is 10.4 Å². The van der Waals surface area contributed by atoms with Crippen molar-refractivity contribution in [3.05, 3.63) is 18.0 Å². The van der Waals surface area contributed by atoms with Gasteiger partial charge in [-0.3, -0.25) is 9.48 Å². The molecule has 1 aromatic heterocycles. The standard InChI is InChI=1S/C11H17N3O3/c1-11(2,3)8(10(16)17)13-9(15)7-5-12-14(4)6-7/h5-6,8H,1-4H3,(H,13,15)(H,16,17)/t8-/m0/s1. The fourth-order valence-corrected chi connectivity index (χ4v) is 1.40. The van der Waals surface area contributed by atoms with Gasteiger partial charge in [0.05, 0.1) is 11.8 Å². The second-order valence-corrected chi connectivity index (χ2v) is 5.01. The topological polar surface area (TPSA) is 84.2 Å². The second-order valence-electron chi connectivity index (χ2n) is 5.01. The van der Waals surface area contributed by atoms with Crippen molar-refractivity contribution in [1.29, 1.82) is 0 Å². The molecule has 1 aromatic rings. The zero-order valence-corrected chi connectivity index (χ0v) is 10.4. The molecule has 0 unspecified atom stereocenters. The fraction of sp³-hybridized carbons (Fsp3) is 0.545. The van der Waals surface area contributed by atoms with Crippen LogP contribution in [-0.4, -0.2) is 32.8 Å². The van der Waals surface area contributed by atoms with E-state index in [1.54, 1.807) is 27.8 Å². The maximum absolute atomic E-state index is 11.8. The molecule has 0 aliphatic carbocycles. The Labute approximate surface area is 99.6 Å². The Morgan fingerprint density at radius 2 is 2.06 bits per heavy atom. The molecule has 1 amide bonds. The van der Waals surface area contributed by atoms with Crippen LogP contribution in [0.5, 0.6) is 0 Å².